The van der Waals surface area contributed by atoms with Crippen LogP contribution in [0.25, 0.3) is 0 Å². The van der Waals surface area contributed by atoms with Gasteiger partial charge in [-0.25, -0.2) is 0 Å². The zero-order chi connectivity index (χ0) is 14.4. The van der Waals surface area contributed by atoms with E-state index in [1.807, 2.05) is 11.9 Å². The molecule has 1 amide bonds. The Hall–Kier alpha value is -0.610. The molecule has 0 aromatic carbocycles. The van der Waals surface area contributed by atoms with Gasteiger partial charge in [-0.2, -0.15) is 0 Å². The molecule has 4 nitrogen and oxygen atoms in total. The van der Waals surface area contributed by atoms with Crippen molar-refractivity contribution < 1.29 is 9.53 Å². The summed E-state index contributed by atoms with van der Waals surface area (Å²) in [7, 11) is 1.97. The maximum absolute atomic E-state index is 12.3. The van der Waals surface area contributed by atoms with E-state index in [0.717, 1.165) is 38.8 Å². The van der Waals surface area contributed by atoms with Crippen molar-refractivity contribution in [2.24, 2.45) is 0 Å². The van der Waals surface area contributed by atoms with Crippen molar-refractivity contribution in [1.82, 2.24) is 10.2 Å². The lowest BCUT2D eigenvalue weighted by Gasteiger charge is -2.35. The van der Waals surface area contributed by atoms with Gasteiger partial charge in [-0.15, -0.1) is 0 Å². The first-order valence-corrected chi connectivity index (χ1v) is 8.31. The smallest absolute Gasteiger partial charge is 0.225 e. The van der Waals surface area contributed by atoms with Crippen LogP contribution in [0.15, 0.2) is 0 Å². The molecule has 1 aliphatic carbocycles. The van der Waals surface area contributed by atoms with E-state index < -0.39 is 0 Å². The predicted molar refractivity (Wildman–Crippen MR) is 80.7 cm³/mol. The molecule has 1 atom stereocenters. The summed E-state index contributed by atoms with van der Waals surface area (Å²) in [5.74, 6) is 0.266. The molecule has 116 valence electrons. The maximum atomic E-state index is 12.3. The van der Waals surface area contributed by atoms with Gasteiger partial charge in [0.2, 0.25) is 5.91 Å². The molecular weight excluding hydrogens is 252 g/mol. The summed E-state index contributed by atoms with van der Waals surface area (Å²) in [6.07, 6.45) is 8.76. The van der Waals surface area contributed by atoms with Gasteiger partial charge in [-0.3, -0.25) is 4.79 Å². The minimum Gasteiger partial charge on any atom is -0.378 e. The summed E-state index contributed by atoms with van der Waals surface area (Å²) in [5.41, 5.74) is 0. The summed E-state index contributed by atoms with van der Waals surface area (Å²) in [6.45, 7) is 4.15. The summed E-state index contributed by atoms with van der Waals surface area (Å²) in [5, 5.41) is 3.60. The van der Waals surface area contributed by atoms with Crippen molar-refractivity contribution in [2.75, 3.05) is 20.2 Å². The van der Waals surface area contributed by atoms with Crippen molar-refractivity contribution in [3.63, 3.8) is 0 Å². The molecular formula is C16H30N2O2. The third kappa shape index (κ3) is 4.45. The number of nitrogens with one attached hydrogen (secondary N) is 1. The highest BCUT2D eigenvalue weighted by Crippen LogP contribution is 2.24. The second-order valence-electron chi connectivity index (χ2n) is 6.30. The monoisotopic (exact) mass is 282 g/mol. The molecule has 0 aromatic heterocycles. The van der Waals surface area contributed by atoms with E-state index in [2.05, 4.69) is 12.2 Å². The fourth-order valence-electron chi connectivity index (χ4n) is 3.36. The Morgan fingerprint density at radius 3 is 2.60 bits per heavy atom. The normalized spacial score (nSPS) is 30.4. The largest absolute Gasteiger partial charge is 0.378 e. The standard InChI is InChI=1S/C16H30N2O2/c1-3-10-17-13-6-8-14(9-7-13)18(2)16(19)12-15-5-4-11-20-15/h13-15,17H,3-12H2,1-2H3. The molecule has 0 spiro atoms. The van der Waals surface area contributed by atoms with Crippen LogP contribution in [-0.4, -0.2) is 49.2 Å². The van der Waals surface area contributed by atoms with Gasteiger partial charge in [0.25, 0.3) is 0 Å². The molecule has 0 radical (unpaired) electrons. The first kappa shape index (κ1) is 15.8. The highest BCUT2D eigenvalue weighted by atomic mass is 16.5. The lowest BCUT2D eigenvalue weighted by molar-refractivity contribution is -0.134. The average Bonchev–Trinajstić information content (AvgIpc) is 2.97. The van der Waals surface area contributed by atoms with Crippen LogP contribution in [-0.2, 0) is 9.53 Å². The molecule has 2 rings (SSSR count). The molecule has 1 unspecified atom stereocenters. The van der Waals surface area contributed by atoms with Gasteiger partial charge in [0.15, 0.2) is 0 Å². The maximum Gasteiger partial charge on any atom is 0.225 e. The third-order valence-corrected chi connectivity index (χ3v) is 4.75. The van der Waals surface area contributed by atoms with Crippen LogP contribution in [0.2, 0.25) is 0 Å². The summed E-state index contributed by atoms with van der Waals surface area (Å²) in [4.78, 5) is 14.3. The number of hydrogen-bond donors (Lipinski definition) is 1. The second kappa shape index (κ2) is 7.99. The van der Waals surface area contributed by atoms with Gasteiger partial charge in [0.1, 0.15) is 0 Å². The van der Waals surface area contributed by atoms with E-state index in [-0.39, 0.29) is 12.0 Å². The molecule has 1 heterocycles. The van der Waals surface area contributed by atoms with Gasteiger partial charge in [-0.05, 0) is 51.5 Å². The number of hydrogen-bond acceptors (Lipinski definition) is 3. The third-order valence-electron chi connectivity index (χ3n) is 4.75. The van der Waals surface area contributed by atoms with Crippen molar-refractivity contribution in [2.45, 2.75) is 76.5 Å². The van der Waals surface area contributed by atoms with Crippen molar-refractivity contribution >= 4 is 5.91 Å². The summed E-state index contributed by atoms with van der Waals surface area (Å²) >= 11 is 0. The fraction of sp³-hybridized carbons (Fsp3) is 0.938. The van der Waals surface area contributed by atoms with E-state index in [9.17, 15) is 4.79 Å². The molecule has 1 aliphatic heterocycles. The average molecular weight is 282 g/mol. The highest BCUT2D eigenvalue weighted by Gasteiger charge is 2.28. The first-order chi connectivity index (χ1) is 9.70. The number of amides is 1. The van der Waals surface area contributed by atoms with Crippen LogP contribution < -0.4 is 5.32 Å². The highest BCUT2D eigenvalue weighted by molar-refractivity contribution is 5.76. The molecule has 0 bridgehead atoms. The van der Waals surface area contributed by atoms with Crippen molar-refractivity contribution in [1.29, 1.82) is 0 Å². The topological polar surface area (TPSA) is 41.6 Å². The molecule has 4 heteroatoms. The molecule has 1 saturated heterocycles. The molecule has 1 saturated carbocycles. The number of carbonyl (C=O) groups is 1. The van der Waals surface area contributed by atoms with E-state index in [1.54, 1.807) is 0 Å². The minimum atomic E-state index is 0.174. The Bertz CT molecular complexity index is 295. The first-order valence-electron chi connectivity index (χ1n) is 8.31. The van der Waals surface area contributed by atoms with Crippen LogP contribution in [0.3, 0.4) is 0 Å². The number of rotatable bonds is 6. The van der Waals surface area contributed by atoms with Gasteiger partial charge in [-0.1, -0.05) is 6.92 Å². The second-order valence-corrected chi connectivity index (χ2v) is 6.30. The lowest BCUT2D eigenvalue weighted by atomic mass is 9.90. The number of nitrogens with zero attached hydrogens (tertiary/aromatic N) is 1. The fourth-order valence-corrected chi connectivity index (χ4v) is 3.36. The summed E-state index contributed by atoms with van der Waals surface area (Å²) < 4.78 is 5.56. The van der Waals surface area contributed by atoms with Gasteiger partial charge in [0, 0.05) is 25.7 Å². The van der Waals surface area contributed by atoms with E-state index in [0.29, 0.717) is 18.5 Å². The summed E-state index contributed by atoms with van der Waals surface area (Å²) in [6, 6.07) is 1.09. The van der Waals surface area contributed by atoms with Crippen LogP contribution in [0.4, 0.5) is 0 Å². The molecule has 0 aromatic rings. The Balaban J connectivity index is 1.70. The van der Waals surface area contributed by atoms with Crippen LogP contribution in [0, 0.1) is 0 Å². The van der Waals surface area contributed by atoms with Gasteiger partial charge < -0.3 is 15.0 Å². The van der Waals surface area contributed by atoms with E-state index in [4.69, 9.17) is 4.74 Å². The van der Waals surface area contributed by atoms with E-state index in [1.165, 1.54) is 19.3 Å². The van der Waals surface area contributed by atoms with Crippen LogP contribution in [0.5, 0.6) is 0 Å². The van der Waals surface area contributed by atoms with Crippen LogP contribution in [0.1, 0.15) is 58.3 Å². The molecule has 2 fully saturated rings. The Kier molecular flexibility index (Phi) is 6.30. The Morgan fingerprint density at radius 2 is 2.00 bits per heavy atom. The van der Waals surface area contributed by atoms with Crippen LogP contribution >= 0.6 is 0 Å². The Morgan fingerprint density at radius 1 is 1.25 bits per heavy atom. The quantitative estimate of drug-likeness (QED) is 0.813. The predicted octanol–water partition coefficient (Wildman–Crippen LogP) is 2.32. The van der Waals surface area contributed by atoms with Gasteiger partial charge >= 0.3 is 0 Å². The lowest BCUT2D eigenvalue weighted by Crippen LogP contribution is -2.44. The van der Waals surface area contributed by atoms with E-state index >= 15 is 0 Å². The molecule has 2 aliphatic rings. The number of carbonyl (C=O) groups excluding carboxylic acids is 1. The molecule has 20 heavy (non-hydrogen) atoms. The Labute approximate surface area is 123 Å². The van der Waals surface area contributed by atoms with Gasteiger partial charge in [0.05, 0.1) is 12.5 Å². The van der Waals surface area contributed by atoms with Crippen molar-refractivity contribution in [3.8, 4) is 0 Å². The van der Waals surface area contributed by atoms with Crippen molar-refractivity contribution in [3.05, 3.63) is 0 Å². The minimum absolute atomic E-state index is 0.174. The SMILES string of the molecule is CCCNC1CCC(N(C)C(=O)CC2CCCO2)CC1. The zero-order valence-electron chi connectivity index (χ0n) is 13.1. The zero-order valence-corrected chi connectivity index (χ0v) is 13.1. The molecule has 1 N–H and O–H groups in total. The number of ether oxygens (including phenoxy) is 1.